The van der Waals surface area contributed by atoms with Gasteiger partial charge >= 0.3 is 6.03 Å². The van der Waals surface area contributed by atoms with Crippen LogP contribution in [0.15, 0.2) is 34.9 Å². The summed E-state index contributed by atoms with van der Waals surface area (Å²) in [6.07, 6.45) is 0.866. The van der Waals surface area contributed by atoms with Crippen molar-refractivity contribution in [2.45, 2.75) is 19.3 Å². The average Bonchev–Trinajstić information content (AvgIpc) is 3.17. The second-order valence-corrected chi connectivity index (χ2v) is 5.09. The third-order valence-corrected chi connectivity index (χ3v) is 3.63. The van der Waals surface area contributed by atoms with Crippen molar-refractivity contribution in [1.29, 1.82) is 0 Å². The van der Waals surface area contributed by atoms with Gasteiger partial charge in [0.1, 0.15) is 0 Å². The van der Waals surface area contributed by atoms with Gasteiger partial charge in [0.05, 0.1) is 0 Å². The number of likely N-dealkylation sites (tertiary alicyclic amines) is 1. The van der Waals surface area contributed by atoms with Crippen LogP contribution in [-0.2, 0) is 0 Å². The quantitative estimate of drug-likeness (QED) is 0.939. The average molecular weight is 286 g/mol. The van der Waals surface area contributed by atoms with E-state index in [1.165, 1.54) is 0 Å². The van der Waals surface area contributed by atoms with Gasteiger partial charge in [0, 0.05) is 31.1 Å². The highest BCUT2D eigenvalue weighted by molar-refractivity contribution is 5.74. The maximum absolute atomic E-state index is 11.8. The van der Waals surface area contributed by atoms with E-state index >= 15 is 0 Å². The van der Waals surface area contributed by atoms with E-state index in [-0.39, 0.29) is 11.9 Å². The Morgan fingerprint density at radius 2 is 2.24 bits per heavy atom. The van der Waals surface area contributed by atoms with E-state index < -0.39 is 0 Å². The van der Waals surface area contributed by atoms with Crippen LogP contribution in [0.4, 0.5) is 4.79 Å². The van der Waals surface area contributed by atoms with Gasteiger partial charge in [0.25, 0.3) is 5.89 Å². The summed E-state index contributed by atoms with van der Waals surface area (Å²) in [7, 11) is 0. The summed E-state index contributed by atoms with van der Waals surface area (Å²) in [5, 5.41) is 6.88. The number of benzene rings is 1. The molecule has 21 heavy (non-hydrogen) atoms. The molecule has 1 aliphatic heterocycles. The largest absolute Gasteiger partial charge is 0.338 e. The molecule has 1 aromatic heterocycles. The molecule has 1 fully saturated rings. The predicted molar refractivity (Wildman–Crippen MR) is 77.7 cm³/mol. The first-order valence-corrected chi connectivity index (χ1v) is 7.19. The van der Waals surface area contributed by atoms with Crippen molar-refractivity contribution in [2.75, 3.05) is 19.6 Å². The van der Waals surface area contributed by atoms with Crippen LogP contribution in [0.2, 0.25) is 0 Å². The van der Waals surface area contributed by atoms with Gasteiger partial charge in [-0.25, -0.2) is 4.79 Å². The first kappa shape index (κ1) is 13.6. The van der Waals surface area contributed by atoms with Gasteiger partial charge in [-0.2, -0.15) is 4.98 Å². The zero-order valence-electron chi connectivity index (χ0n) is 12.0. The smallest absolute Gasteiger partial charge is 0.317 e. The van der Waals surface area contributed by atoms with Crippen LogP contribution in [0.5, 0.6) is 0 Å². The molecule has 1 N–H and O–H groups in total. The highest BCUT2D eigenvalue weighted by atomic mass is 16.5. The fourth-order valence-electron chi connectivity index (χ4n) is 2.52. The topological polar surface area (TPSA) is 71.3 Å². The molecular formula is C15H18N4O2. The Labute approximate surface area is 123 Å². The summed E-state index contributed by atoms with van der Waals surface area (Å²) < 4.78 is 5.33. The number of carbonyl (C=O) groups is 1. The van der Waals surface area contributed by atoms with Crippen molar-refractivity contribution in [2.24, 2.45) is 0 Å². The van der Waals surface area contributed by atoms with Crippen LogP contribution in [-0.4, -0.2) is 40.7 Å². The molecule has 0 aliphatic carbocycles. The Morgan fingerprint density at radius 1 is 1.43 bits per heavy atom. The predicted octanol–water partition coefficient (Wildman–Crippen LogP) is 2.26. The number of nitrogens with one attached hydrogen (secondary N) is 1. The molecule has 6 heteroatoms. The number of hydrogen-bond donors (Lipinski definition) is 1. The van der Waals surface area contributed by atoms with Crippen LogP contribution >= 0.6 is 0 Å². The molecule has 110 valence electrons. The van der Waals surface area contributed by atoms with Crippen molar-refractivity contribution >= 4 is 6.03 Å². The molecule has 1 aliphatic rings. The number of urea groups is 1. The van der Waals surface area contributed by atoms with E-state index in [2.05, 4.69) is 15.5 Å². The lowest BCUT2D eigenvalue weighted by atomic mass is 10.1. The molecule has 0 spiro atoms. The summed E-state index contributed by atoms with van der Waals surface area (Å²) in [5.74, 6) is 1.36. The minimum atomic E-state index is -0.0215. The molecule has 1 saturated heterocycles. The third kappa shape index (κ3) is 2.89. The number of aromatic nitrogens is 2. The van der Waals surface area contributed by atoms with Crippen molar-refractivity contribution in [3.8, 4) is 11.5 Å². The fraction of sp³-hybridized carbons (Fsp3) is 0.400. The van der Waals surface area contributed by atoms with E-state index in [9.17, 15) is 4.79 Å². The number of hydrogen-bond acceptors (Lipinski definition) is 4. The SMILES string of the molecule is CCNC(=O)N1CC[C@H](c2noc(-c3ccccc3)n2)C1. The Morgan fingerprint density at radius 3 is 3.00 bits per heavy atom. The Hall–Kier alpha value is -2.37. The molecular weight excluding hydrogens is 268 g/mol. The number of rotatable bonds is 3. The van der Waals surface area contributed by atoms with Gasteiger partial charge in [-0.15, -0.1) is 0 Å². The van der Waals surface area contributed by atoms with Gasteiger partial charge in [-0.05, 0) is 25.5 Å². The van der Waals surface area contributed by atoms with Crippen molar-refractivity contribution < 1.29 is 9.32 Å². The van der Waals surface area contributed by atoms with Gasteiger partial charge in [0.15, 0.2) is 5.82 Å². The molecule has 1 atom stereocenters. The standard InChI is InChI=1S/C15H18N4O2/c1-2-16-15(20)19-9-8-12(10-19)13-17-14(21-18-13)11-6-4-3-5-7-11/h3-7,12H,2,8-10H2,1H3,(H,16,20)/t12-/m0/s1. The number of amides is 2. The molecule has 6 nitrogen and oxygen atoms in total. The van der Waals surface area contributed by atoms with E-state index in [1.807, 2.05) is 37.3 Å². The van der Waals surface area contributed by atoms with Crippen LogP contribution in [0.3, 0.4) is 0 Å². The van der Waals surface area contributed by atoms with Crippen LogP contribution in [0.25, 0.3) is 11.5 Å². The van der Waals surface area contributed by atoms with Gasteiger partial charge in [-0.1, -0.05) is 23.4 Å². The van der Waals surface area contributed by atoms with E-state index in [1.54, 1.807) is 4.90 Å². The van der Waals surface area contributed by atoms with Crippen LogP contribution in [0, 0.1) is 0 Å². The Bertz CT molecular complexity index is 611. The Balaban J connectivity index is 1.69. The van der Waals surface area contributed by atoms with E-state index in [4.69, 9.17) is 4.52 Å². The molecule has 1 aromatic carbocycles. The molecule has 2 aromatic rings. The van der Waals surface area contributed by atoms with Gasteiger partial charge in [0.2, 0.25) is 0 Å². The molecule has 0 unspecified atom stereocenters. The lowest BCUT2D eigenvalue weighted by Crippen LogP contribution is -2.38. The van der Waals surface area contributed by atoms with Crippen LogP contribution in [0.1, 0.15) is 25.1 Å². The maximum Gasteiger partial charge on any atom is 0.317 e. The first-order valence-electron chi connectivity index (χ1n) is 7.19. The summed E-state index contributed by atoms with van der Waals surface area (Å²) in [6, 6.07) is 9.67. The molecule has 0 bridgehead atoms. The molecule has 0 radical (unpaired) electrons. The normalized spacial score (nSPS) is 18.0. The number of carbonyl (C=O) groups excluding carboxylic acids is 1. The summed E-state index contributed by atoms with van der Waals surface area (Å²) in [6.45, 7) is 3.92. The summed E-state index contributed by atoms with van der Waals surface area (Å²) in [5.41, 5.74) is 0.912. The monoisotopic (exact) mass is 286 g/mol. The lowest BCUT2D eigenvalue weighted by Gasteiger charge is -2.15. The maximum atomic E-state index is 11.8. The van der Waals surface area contributed by atoms with Crippen LogP contribution < -0.4 is 5.32 Å². The van der Waals surface area contributed by atoms with Gasteiger partial charge in [-0.3, -0.25) is 0 Å². The van der Waals surface area contributed by atoms with E-state index in [0.29, 0.717) is 24.8 Å². The van der Waals surface area contributed by atoms with Crippen molar-refractivity contribution in [3.05, 3.63) is 36.2 Å². The first-order chi connectivity index (χ1) is 10.3. The van der Waals surface area contributed by atoms with Gasteiger partial charge < -0.3 is 14.7 Å². The Kier molecular flexibility index (Phi) is 3.85. The molecule has 2 amide bonds. The number of nitrogens with zero attached hydrogens (tertiary/aromatic N) is 3. The molecule has 3 rings (SSSR count). The summed E-state index contributed by atoms with van der Waals surface area (Å²) >= 11 is 0. The second kappa shape index (κ2) is 5.95. The van der Waals surface area contributed by atoms with Crippen molar-refractivity contribution in [3.63, 3.8) is 0 Å². The minimum absolute atomic E-state index is 0.0215. The molecule has 2 heterocycles. The summed E-state index contributed by atoms with van der Waals surface area (Å²) in [4.78, 5) is 18.1. The zero-order valence-corrected chi connectivity index (χ0v) is 12.0. The highest BCUT2D eigenvalue weighted by Gasteiger charge is 2.30. The molecule has 0 saturated carbocycles. The zero-order chi connectivity index (χ0) is 14.7. The van der Waals surface area contributed by atoms with Crippen molar-refractivity contribution in [1.82, 2.24) is 20.4 Å². The van der Waals surface area contributed by atoms with E-state index in [0.717, 1.165) is 18.5 Å². The minimum Gasteiger partial charge on any atom is -0.338 e. The second-order valence-electron chi connectivity index (χ2n) is 5.09. The lowest BCUT2D eigenvalue weighted by molar-refractivity contribution is 0.208. The third-order valence-electron chi connectivity index (χ3n) is 3.63. The fourth-order valence-corrected chi connectivity index (χ4v) is 2.52. The highest BCUT2D eigenvalue weighted by Crippen LogP contribution is 2.27.